The molecular formula is C16H17N3O3S2. The summed E-state index contributed by atoms with van der Waals surface area (Å²) in [5.74, 6) is -0.658. The van der Waals surface area contributed by atoms with E-state index in [0.29, 0.717) is 5.04 Å². The van der Waals surface area contributed by atoms with Crippen molar-refractivity contribution in [2.45, 2.75) is 23.6 Å². The van der Waals surface area contributed by atoms with Gasteiger partial charge in [0.25, 0.3) is 0 Å². The number of carbonyl (C=O) groups is 1. The first-order valence-electron chi connectivity index (χ1n) is 7.75. The Morgan fingerprint density at radius 3 is 2.83 bits per heavy atom. The lowest BCUT2D eigenvalue weighted by molar-refractivity contribution is -0.139. The van der Waals surface area contributed by atoms with E-state index in [2.05, 4.69) is 21.9 Å². The predicted octanol–water partition coefficient (Wildman–Crippen LogP) is 2.41. The van der Waals surface area contributed by atoms with Crippen LogP contribution in [0.2, 0.25) is 0 Å². The van der Waals surface area contributed by atoms with E-state index in [9.17, 15) is 15.0 Å². The Labute approximate surface area is 147 Å². The Hall–Kier alpha value is -1.64. The first-order valence-corrected chi connectivity index (χ1v) is 9.38. The molecule has 0 radical (unpaired) electrons. The van der Waals surface area contributed by atoms with Crippen molar-refractivity contribution in [3.05, 3.63) is 23.2 Å². The van der Waals surface area contributed by atoms with E-state index in [4.69, 9.17) is 0 Å². The second-order valence-corrected chi connectivity index (χ2v) is 8.75. The minimum absolute atomic E-state index is 0.203. The summed E-state index contributed by atoms with van der Waals surface area (Å²) < 4.78 is 0.512. The van der Waals surface area contributed by atoms with E-state index in [0.717, 1.165) is 41.2 Å². The van der Waals surface area contributed by atoms with Gasteiger partial charge in [-0.25, -0.2) is 9.78 Å². The maximum absolute atomic E-state index is 11.8. The van der Waals surface area contributed by atoms with Crippen LogP contribution in [-0.2, 0) is 4.79 Å². The van der Waals surface area contributed by atoms with Gasteiger partial charge in [-0.2, -0.15) is 0 Å². The zero-order valence-corrected chi connectivity index (χ0v) is 14.7. The van der Waals surface area contributed by atoms with E-state index < -0.39 is 12.0 Å². The Balaban J connectivity index is 1.70. The number of phenolic OH excluding ortho intramolecular Hbond substituents is 1. The van der Waals surface area contributed by atoms with Crippen LogP contribution >= 0.6 is 23.1 Å². The van der Waals surface area contributed by atoms with Gasteiger partial charge in [0.05, 0.1) is 15.0 Å². The lowest BCUT2D eigenvalue weighted by atomic mass is 9.88. The number of rotatable bonds is 2. The van der Waals surface area contributed by atoms with Crippen molar-refractivity contribution in [3.8, 4) is 5.75 Å². The van der Waals surface area contributed by atoms with Gasteiger partial charge in [0.1, 0.15) is 15.8 Å². The molecule has 2 N–H and O–H groups in total. The van der Waals surface area contributed by atoms with Crippen molar-refractivity contribution in [1.82, 2.24) is 9.88 Å². The lowest BCUT2D eigenvalue weighted by Crippen LogP contribution is -2.48. The molecule has 1 aromatic carbocycles. The smallest absolute Gasteiger partial charge is 0.329 e. The Morgan fingerprint density at radius 2 is 2.12 bits per heavy atom. The number of benzene rings is 1. The highest BCUT2D eigenvalue weighted by molar-refractivity contribution is 8.16. The third-order valence-electron chi connectivity index (χ3n) is 4.67. The Kier molecular flexibility index (Phi) is 3.78. The molecule has 1 atom stereocenters. The average Bonchev–Trinajstić information content (AvgIpc) is 3.12. The third kappa shape index (κ3) is 2.58. The maximum Gasteiger partial charge on any atom is 0.329 e. The number of fused-ring (bicyclic) bond motifs is 1. The van der Waals surface area contributed by atoms with Crippen molar-refractivity contribution in [3.63, 3.8) is 0 Å². The monoisotopic (exact) mass is 363 g/mol. The van der Waals surface area contributed by atoms with E-state index in [1.54, 1.807) is 30.0 Å². The van der Waals surface area contributed by atoms with Crippen LogP contribution in [-0.4, -0.2) is 62.0 Å². The van der Waals surface area contributed by atoms with Gasteiger partial charge in [-0.05, 0) is 51.2 Å². The average molecular weight is 363 g/mol. The zero-order chi connectivity index (χ0) is 16.9. The second-order valence-electron chi connectivity index (χ2n) is 6.32. The van der Waals surface area contributed by atoms with Crippen LogP contribution in [0.15, 0.2) is 23.2 Å². The quantitative estimate of drug-likeness (QED) is 0.852. The summed E-state index contributed by atoms with van der Waals surface area (Å²) in [6.07, 6.45) is 1.62. The molecule has 0 bridgehead atoms. The largest absolute Gasteiger partial charge is 0.508 e. The number of likely N-dealkylation sites (tertiary alicyclic amines) is 1. The predicted molar refractivity (Wildman–Crippen MR) is 96.3 cm³/mol. The zero-order valence-electron chi connectivity index (χ0n) is 13.1. The molecule has 2 aliphatic heterocycles. The van der Waals surface area contributed by atoms with Gasteiger partial charge < -0.3 is 15.1 Å². The van der Waals surface area contributed by atoms with Gasteiger partial charge in [-0.1, -0.05) is 11.8 Å². The molecule has 1 aromatic heterocycles. The van der Waals surface area contributed by atoms with Crippen LogP contribution in [0, 0.1) is 0 Å². The normalized spacial score (nSPS) is 23.7. The number of aliphatic carboxylic acids is 1. The van der Waals surface area contributed by atoms with Gasteiger partial charge in [0.2, 0.25) is 0 Å². The molecule has 6 nitrogen and oxygen atoms in total. The van der Waals surface area contributed by atoms with E-state index in [1.165, 1.54) is 11.3 Å². The summed E-state index contributed by atoms with van der Waals surface area (Å²) in [7, 11) is 2.06. The number of piperidine rings is 1. The molecule has 0 saturated carbocycles. The minimum atomic E-state index is -0.860. The number of thioether (sulfide) groups is 1. The summed E-state index contributed by atoms with van der Waals surface area (Å²) >= 11 is 3.02. The van der Waals surface area contributed by atoms with E-state index >= 15 is 0 Å². The van der Waals surface area contributed by atoms with Gasteiger partial charge in [-0.3, -0.25) is 4.99 Å². The summed E-state index contributed by atoms with van der Waals surface area (Å²) in [5.41, 5.74) is 0.798. The van der Waals surface area contributed by atoms with Crippen molar-refractivity contribution in [1.29, 1.82) is 0 Å². The molecule has 2 aliphatic rings. The fourth-order valence-electron chi connectivity index (χ4n) is 3.27. The highest BCUT2D eigenvalue weighted by Gasteiger charge is 2.51. The van der Waals surface area contributed by atoms with Crippen LogP contribution in [0.5, 0.6) is 5.75 Å². The maximum atomic E-state index is 11.8. The number of aromatic nitrogens is 1. The molecular weight excluding hydrogens is 346 g/mol. The van der Waals surface area contributed by atoms with E-state index in [-0.39, 0.29) is 10.5 Å². The van der Waals surface area contributed by atoms with Crippen LogP contribution in [0.4, 0.5) is 0 Å². The first-order chi connectivity index (χ1) is 11.5. The number of carboxylic acid groups (broad SMARTS) is 1. The lowest BCUT2D eigenvalue weighted by Gasteiger charge is -2.38. The van der Waals surface area contributed by atoms with Crippen LogP contribution in [0.25, 0.3) is 10.2 Å². The second kappa shape index (κ2) is 5.72. The SMILES string of the molecule is CN1CCC2(CC1)SC(c1nc3ccc(O)cc3s1)=NC2C(=O)O. The number of hydrogen-bond acceptors (Lipinski definition) is 7. The summed E-state index contributed by atoms with van der Waals surface area (Å²) in [6.45, 7) is 1.76. The molecule has 1 saturated heterocycles. The van der Waals surface area contributed by atoms with Crippen molar-refractivity contribution >= 4 is 44.3 Å². The van der Waals surface area contributed by atoms with E-state index in [1.807, 2.05) is 0 Å². The van der Waals surface area contributed by atoms with Gasteiger partial charge in [0.15, 0.2) is 6.04 Å². The molecule has 0 amide bonds. The van der Waals surface area contributed by atoms with Gasteiger partial charge in [0, 0.05) is 0 Å². The summed E-state index contributed by atoms with van der Waals surface area (Å²) in [5, 5.41) is 20.7. The highest BCUT2D eigenvalue weighted by atomic mass is 32.2. The number of carboxylic acids is 1. The first kappa shape index (κ1) is 15.9. The molecule has 3 heterocycles. The van der Waals surface area contributed by atoms with Crippen LogP contribution < -0.4 is 0 Å². The number of aromatic hydroxyl groups is 1. The summed E-state index contributed by atoms with van der Waals surface area (Å²) in [4.78, 5) is 23.1. The standard InChI is InChI=1S/C16H17N3O3S2/c1-19-6-4-16(5-7-19)12(15(21)22)18-14(24-16)13-17-10-3-2-9(20)8-11(10)23-13/h2-3,8,12,20H,4-7H2,1H3,(H,21,22). The van der Waals surface area contributed by atoms with Gasteiger partial charge >= 0.3 is 5.97 Å². The Bertz CT molecular complexity index is 840. The van der Waals surface area contributed by atoms with Crippen molar-refractivity contribution in [2.75, 3.05) is 20.1 Å². The molecule has 0 aliphatic carbocycles. The fraction of sp³-hybridized carbons (Fsp3) is 0.438. The third-order valence-corrected chi connectivity index (χ3v) is 7.35. The number of thiazole rings is 1. The number of aliphatic imine (C=N–C) groups is 1. The molecule has 1 spiro atoms. The van der Waals surface area contributed by atoms with Crippen LogP contribution in [0.1, 0.15) is 17.8 Å². The Morgan fingerprint density at radius 1 is 1.38 bits per heavy atom. The fourth-order valence-corrected chi connectivity index (χ4v) is 5.73. The van der Waals surface area contributed by atoms with Crippen molar-refractivity contribution < 1.29 is 15.0 Å². The molecule has 2 aromatic rings. The number of nitrogens with zero attached hydrogens (tertiary/aromatic N) is 3. The molecule has 8 heteroatoms. The molecule has 1 unspecified atom stereocenters. The van der Waals surface area contributed by atoms with Crippen molar-refractivity contribution in [2.24, 2.45) is 4.99 Å². The summed E-state index contributed by atoms with van der Waals surface area (Å²) in [6, 6.07) is 4.33. The number of hydrogen-bond donors (Lipinski definition) is 2. The molecule has 4 rings (SSSR count). The number of phenols is 1. The molecule has 24 heavy (non-hydrogen) atoms. The highest BCUT2D eigenvalue weighted by Crippen LogP contribution is 2.48. The molecule has 1 fully saturated rings. The van der Waals surface area contributed by atoms with Crippen LogP contribution in [0.3, 0.4) is 0 Å². The minimum Gasteiger partial charge on any atom is -0.508 e. The van der Waals surface area contributed by atoms with Gasteiger partial charge in [-0.15, -0.1) is 11.3 Å². The topological polar surface area (TPSA) is 86.0 Å². The molecule has 126 valence electrons.